The second-order valence-corrected chi connectivity index (χ2v) is 5.75. The molecule has 3 rings (SSSR count). The molecule has 0 saturated carbocycles. The molecule has 1 aromatic heterocycles. The van der Waals surface area contributed by atoms with Crippen LogP contribution in [0.1, 0.15) is 17.2 Å². The lowest BCUT2D eigenvalue weighted by Crippen LogP contribution is -2.29. The first-order valence-electron chi connectivity index (χ1n) is 6.55. The van der Waals surface area contributed by atoms with Crippen molar-refractivity contribution in [1.29, 1.82) is 0 Å². The summed E-state index contributed by atoms with van der Waals surface area (Å²) < 4.78 is 0.959. The van der Waals surface area contributed by atoms with Crippen molar-refractivity contribution in [3.63, 3.8) is 0 Å². The Kier molecular flexibility index (Phi) is 3.88. The van der Waals surface area contributed by atoms with Gasteiger partial charge in [0.05, 0.1) is 11.6 Å². The van der Waals surface area contributed by atoms with E-state index in [-0.39, 0.29) is 6.04 Å². The highest BCUT2D eigenvalue weighted by atomic mass is 79.9. The first-order chi connectivity index (χ1) is 10.2. The highest BCUT2D eigenvalue weighted by Crippen LogP contribution is 2.29. The van der Waals surface area contributed by atoms with Crippen LogP contribution in [0.15, 0.2) is 59.2 Å². The number of pyridine rings is 1. The zero-order valence-corrected chi connectivity index (χ0v) is 12.8. The predicted molar refractivity (Wildman–Crippen MR) is 89.5 cm³/mol. The number of hydrazine groups is 1. The molecule has 0 aliphatic rings. The van der Waals surface area contributed by atoms with Crippen molar-refractivity contribution in [2.45, 2.75) is 6.04 Å². The Hall–Kier alpha value is -1.95. The number of hydrogen-bond donors (Lipinski definition) is 3. The summed E-state index contributed by atoms with van der Waals surface area (Å²) >= 11 is 3.47. The monoisotopic (exact) mass is 342 g/mol. The van der Waals surface area contributed by atoms with Crippen molar-refractivity contribution in [3.8, 4) is 0 Å². The van der Waals surface area contributed by atoms with Gasteiger partial charge < -0.3 is 5.73 Å². The van der Waals surface area contributed by atoms with E-state index in [0.29, 0.717) is 5.69 Å². The number of halogens is 1. The lowest BCUT2D eigenvalue weighted by atomic mass is 9.98. The molecule has 0 radical (unpaired) electrons. The third-order valence-corrected chi connectivity index (χ3v) is 3.96. The molecule has 106 valence electrons. The Morgan fingerprint density at radius 2 is 1.90 bits per heavy atom. The molecule has 2 aromatic carbocycles. The zero-order valence-electron chi connectivity index (χ0n) is 11.3. The summed E-state index contributed by atoms with van der Waals surface area (Å²) in [5.74, 6) is 5.75. The summed E-state index contributed by atoms with van der Waals surface area (Å²) in [6, 6.07) is 15.6. The first-order valence-corrected chi connectivity index (χ1v) is 7.34. The van der Waals surface area contributed by atoms with Crippen molar-refractivity contribution in [2.24, 2.45) is 5.84 Å². The first kappa shape index (κ1) is 14.0. The number of nitrogens with two attached hydrogens (primary N) is 2. The van der Waals surface area contributed by atoms with Crippen molar-refractivity contribution < 1.29 is 0 Å². The van der Waals surface area contributed by atoms with Gasteiger partial charge in [-0.3, -0.25) is 10.8 Å². The summed E-state index contributed by atoms with van der Waals surface area (Å²) in [7, 11) is 0. The summed E-state index contributed by atoms with van der Waals surface area (Å²) in [6.07, 6.45) is 1.83. The molecular weight excluding hydrogens is 328 g/mol. The number of nitrogen functional groups attached to an aromatic ring is 1. The van der Waals surface area contributed by atoms with E-state index in [2.05, 4.69) is 32.4 Å². The summed E-state index contributed by atoms with van der Waals surface area (Å²) in [4.78, 5) is 4.48. The molecule has 0 amide bonds. The average Bonchev–Trinajstić information content (AvgIpc) is 2.51. The Morgan fingerprint density at radius 1 is 1.10 bits per heavy atom. The molecule has 1 heterocycles. The van der Waals surface area contributed by atoms with Gasteiger partial charge in [-0.05, 0) is 41.5 Å². The Balaban J connectivity index is 2.11. The summed E-state index contributed by atoms with van der Waals surface area (Å²) in [5, 5.41) is 1.07. The molecule has 0 fully saturated rings. The van der Waals surface area contributed by atoms with E-state index in [4.69, 9.17) is 11.6 Å². The topological polar surface area (TPSA) is 77.0 Å². The molecule has 0 saturated heterocycles. The number of fused-ring (bicyclic) bond motifs is 1. The van der Waals surface area contributed by atoms with Gasteiger partial charge in [0.25, 0.3) is 0 Å². The zero-order chi connectivity index (χ0) is 14.8. The predicted octanol–water partition coefficient (Wildman–Crippen LogP) is 3.13. The number of nitrogens with one attached hydrogen (secondary N) is 1. The van der Waals surface area contributed by atoms with Crippen LogP contribution in [0.4, 0.5) is 5.69 Å². The third-order valence-electron chi connectivity index (χ3n) is 3.47. The van der Waals surface area contributed by atoms with E-state index >= 15 is 0 Å². The molecule has 0 spiro atoms. The van der Waals surface area contributed by atoms with Crippen LogP contribution in [0, 0.1) is 0 Å². The van der Waals surface area contributed by atoms with E-state index in [0.717, 1.165) is 26.5 Å². The van der Waals surface area contributed by atoms with Gasteiger partial charge in [0, 0.05) is 21.7 Å². The fraction of sp³-hybridized carbons (Fsp3) is 0.0625. The van der Waals surface area contributed by atoms with E-state index in [1.165, 1.54) is 0 Å². The molecule has 0 bridgehead atoms. The number of hydrogen-bond acceptors (Lipinski definition) is 4. The van der Waals surface area contributed by atoms with E-state index in [9.17, 15) is 0 Å². The summed E-state index contributed by atoms with van der Waals surface area (Å²) in [6.45, 7) is 0. The van der Waals surface area contributed by atoms with E-state index in [1.807, 2.05) is 48.7 Å². The average molecular weight is 343 g/mol. The molecule has 1 atom stereocenters. The second-order valence-electron chi connectivity index (χ2n) is 4.83. The molecule has 5 heteroatoms. The van der Waals surface area contributed by atoms with E-state index in [1.54, 1.807) is 0 Å². The summed E-state index contributed by atoms with van der Waals surface area (Å²) in [5.41, 5.74) is 12.4. The maximum absolute atomic E-state index is 6.08. The molecule has 5 N–H and O–H groups in total. The molecule has 0 aliphatic heterocycles. The van der Waals surface area contributed by atoms with Crippen LogP contribution in [0.2, 0.25) is 0 Å². The van der Waals surface area contributed by atoms with Gasteiger partial charge in [-0.1, -0.05) is 34.1 Å². The molecule has 4 nitrogen and oxygen atoms in total. The molecule has 3 aromatic rings. The van der Waals surface area contributed by atoms with Gasteiger partial charge in [-0.2, -0.15) is 0 Å². The fourth-order valence-corrected chi connectivity index (χ4v) is 2.79. The normalized spacial score (nSPS) is 12.5. The van der Waals surface area contributed by atoms with Crippen molar-refractivity contribution in [1.82, 2.24) is 10.4 Å². The van der Waals surface area contributed by atoms with Gasteiger partial charge in [0.15, 0.2) is 0 Å². The third kappa shape index (κ3) is 2.76. The minimum atomic E-state index is -0.209. The molecule has 1 unspecified atom stereocenters. The fourth-order valence-electron chi connectivity index (χ4n) is 2.41. The van der Waals surface area contributed by atoms with Crippen LogP contribution >= 0.6 is 15.9 Å². The van der Waals surface area contributed by atoms with Crippen molar-refractivity contribution in [3.05, 3.63) is 70.3 Å². The standard InChI is InChI=1S/C16H15BrN4/c17-12-5-6-14(18)13(8-12)16(21-19)11-7-10-3-1-2-4-15(10)20-9-11/h1-9,16,21H,18-19H2. The number of nitrogens with zero attached hydrogens (tertiary/aromatic N) is 1. The van der Waals surface area contributed by atoms with Crippen LogP contribution in [0.25, 0.3) is 10.9 Å². The maximum Gasteiger partial charge on any atom is 0.0745 e. The minimum Gasteiger partial charge on any atom is -0.398 e. The SMILES string of the molecule is NNC(c1cnc2ccccc2c1)c1cc(Br)ccc1N. The number of anilines is 1. The van der Waals surface area contributed by atoms with Gasteiger partial charge in [-0.15, -0.1) is 0 Å². The lowest BCUT2D eigenvalue weighted by molar-refractivity contribution is 0.637. The van der Waals surface area contributed by atoms with Gasteiger partial charge in [0.1, 0.15) is 0 Å². The molecular formula is C16H15BrN4. The Morgan fingerprint density at radius 3 is 2.71 bits per heavy atom. The Bertz CT molecular complexity index is 788. The maximum atomic E-state index is 6.08. The highest BCUT2D eigenvalue weighted by molar-refractivity contribution is 9.10. The Labute approximate surface area is 131 Å². The van der Waals surface area contributed by atoms with Crippen LogP contribution < -0.4 is 17.0 Å². The number of rotatable bonds is 3. The smallest absolute Gasteiger partial charge is 0.0745 e. The number of aromatic nitrogens is 1. The van der Waals surface area contributed by atoms with Gasteiger partial charge >= 0.3 is 0 Å². The minimum absolute atomic E-state index is 0.209. The largest absolute Gasteiger partial charge is 0.398 e. The van der Waals surface area contributed by atoms with Crippen LogP contribution in [-0.4, -0.2) is 4.98 Å². The lowest BCUT2D eigenvalue weighted by Gasteiger charge is -2.19. The quantitative estimate of drug-likeness (QED) is 0.388. The number of para-hydroxylation sites is 1. The van der Waals surface area contributed by atoms with Crippen LogP contribution in [0.5, 0.6) is 0 Å². The van der Waals surface area contributed by atoms with Crippen molar-refractivity contribution >= 4 is 32.5 Å². The van der Waals surface area contributed by atoms with Gasteiger partial charge in [-0.25, -0.2) is 5.43 Å². The van der Waals surface area contributed by atoms with E-state index < -0.39 is 0 Å². The highest BCUT2D eigenvalue weighted by Gasteiger charge is 2.16. The van der Waals surface area contributed by atoms with Crippen LogP contribution in [0.3, 0.4) is 0 Å². The molecule has 21 heavy (non-hydrogen) atoms. The number of benzene rings is 2. The molecule has 0 aliphatic carbocycles. The van der Waals surface area contributed by atoms with Crippen molar-refractivity contribution in [2.75, 3.05) is 5.73 Å². The van der Waals surface area contributed by atoms with Gasteiger partial charge in [0.2, 0.25) is 0 Å². The second kappa shape index (κ2) is 5.81. The van der Waals surface area contributed by atoms with Crippen LogP contribution in [-0.2, 0) is 0 Å².